The highest BCUT2D eigenvalue weighted by molar-refractivity contribution is 5.95. The number of esters is 2. The van der Waals surface area contributed by atoms with Crippen LogP contribution in [0.25, 0.3) is 0 Å². The molecule has 1 heterocycles. The first kappa shape index (κ1) is 26.8. The third-order valence-electron chi connectivity index (χ3n) is 5.17. The monoisotopic (exact) mass is 475 g/mol. The van der Waals surface area contributed by atoms with E-state index in [0.717, 1.165) is 6.42 Å². The minimum absolute atomic E-state index is 0.00125. The van der Waals surface area contributed by atoms with Gasteiger partial charge in [0.25, 0.3) is 0 Å². The van der Waals surface area contributed by atoms with Gasteiger partial charge in [-0.15, -0.1) is 0 Å². The molecule has 2 N–H and O–H groups in total. The number of carbonyl (C=O) groups excluding carboxylic acids is 4. The molecule has 10 heteroatoms. The van der Waals surface area contributed by atoms with Gasteiger partial charge in [-0.1, -0.05) is 19.1 Å². The third kappa shape index (κ3) is 7.31. The van der Waals surface area contributed by atoms with Crippen LogP contribution in [0.3, 0.4) is 0 Å². The van der Waals surface area contributed by atoms with Crippen LogP contribution in [-0.2, 0) is 28.6 Å². The molecule has 1 atom stereocenters. The molecular formula is C24H33N3O7. The first-order chi connectivity index (χ1) is 16.3. The van der Waals surface area contributed by atoms with Crippen molar-refractivity contribution in [1.29, 1.82) is 0 Å². The maximum Gasteiger partial charge on any atom is 0.338 e. The highest BCUT2D eigenvalue weighted by Crippen LogP contribution is 2.32. The summed E-state index contributed by atoms with van der Waals surface area (Å²) < 4.78 is 15.1. The smallest absolute Gasteiger partial charge is 0.338 e. The van der Waals surface area contributed by atoms with E-state index in [1.807, 2.05) is 6.92 Å². The minimum Gasteiger partial charge on any atom is -0.466 e. The normalized spacial score (nSPS) is 15.6. The molecule has 186 valence electrons. The fourth-order valence-corrected chi connectivity index (χ4v) is 3.52. The van der Waals surface area contributed by atoms with Crippen LogP contribution in [0.15, 0.2) is 35.5 Å². The molecule has 3 amide bonds. The van der Waals surface area contributed by atoms with Gasteiger partial charge in [0.1, 0.15) is 6.61 Å². The second-order valence-corrected chi connectivity index (χ2v) is 7.64. The van der Waals surface area contributed by atoms with Crippen molar-refractivity contribution < 1.29 is 33.4 Å². The number of hydrogen-bond acceptors (Lipinski definition) is 7. The zero-order chi connectivity index (χ0) is 25.1. The van der Waals surface area contributed by atoms with Gasteiger partial charge in [0.15, 0.2) is 0 Å². The first-order valence-electron chi connectivity index (χ1n) is 11.3. The second kappa shape index (κ2) is 13.3. The molecule has 0 aromatic heterocycles. The maximum atomic E-state index is 12.9. The average Bonchev–Trinajstić information content (AvgIpc) is 2.81. The molecule has 2 rings (SSSR count). The summed E-state index contributed by atoms with van der Waals surface area (Å²) in [6, 6.07) is 5.78. The van der Waals surface area contributed by atoms with E-state index in [2.05, 4.69) is 10.6 Å². The predicted octanol–water partition coefficient (Wildman–Crippen LogP) is 2.91. The largest absolute Gasteiger partial charge is 0.466 e. The first-order valence-corrected chi connectivity index (χ1v) is 11.3. The Kier molecular flexibility index (Phi) is 10.5. The Balaban J connectivity index is 2.19. The van der Waals surface area contributed by atoms with E-state index in [1.54, 1.807) is 38.1 Å². The molecule has 1 aliphatic heterocycles. The number of ether oxygens (including phenoxy) is 3. The van der Waals surface area contributed by atoms with Crippen molar-refractivity contribution in [2.24, 2.45) is 0 Å². The molecular weight excluding hydrogens is 442 g/mol. The van der Waals surface area contributed by atoms with Crippen LogP contribution in [0.1, 0.15) is 51.6 Å². The van der Waals surface area contributed by atoms with Gasteiger partial charge in [-0.05, 0) is 38.0 Å². The minimum atomic E-state index is -0.704. The molecule has 10 nitrogen and oxygen atoms in total. The van der Waals surface area contributed by atoms with Crippen molar-refractivity contribution in [1.82, 2.24) is 10.2 Å². The van der Waals surface area contributed by atoms with Crippen LogP contribution in [0, 0.1) is 0 Å². The van der Waals surface area contributed by atoms with Crippen molar-refractivity contribution >= 4 is 29.6 Å². The van der Waals surface area contributed by atoms with E-state index >= 15 is 0 Å². The van der Waals surface area contributed by atoms with Gasteiger partial charge in [-0.25, -0.2) is 9.59 Å². The summed E-state index contributed by atoms with van der Waals surface area (Å²) in [6.45, 7) is 6.48. The lowest BCUT2D eigenvalue weighted by Gasteiger charge is -2.35. The SMILES string of the molecule is CCCN1C(=O)NC(c2ccc(NC(=O)CCC(=O)OCC)cc2)C(C(=O)OCCOC)=C1C. The van der Waals surface area contributed by atoms with Gasteiger partial charge in [0, 0.05) is 31.5 Å². The van der Waals surface area contributed by atoms with Crippen molar-refractivity contribution in [2.45, 2.75) is 46.1 Å². The Hall–Kier alpha value is -3.40. The van der Waals surface area contributed by atoms with Gasteiger partial charge < -0.3 is 24.8 Å². The van der Waals surface area contributed by atoms with Crippen LogP contribution in [0.2, 0.25) is 0 Å². The van der Waals surface area contributed by atoms with E-state index in [0.29, 0.717) is 29.1 Å². The van der Waals surface area contributed by atoms with Gasteiger partial charge in [0.05, 0.1) is 31.2 Å². The lowest BCUT2D eigenvalue weighted by molar-refractivity contribution is -0.144. The Morgan fingerprint density at radius 1 is 1.06 bits per heavy atom. The quantitative estimate of drug-likeness (QED) is 0.352. The summed E-state index contributed by atoms with van der Waals surface area (Å²) in [4.78, 5) is 50.7. The molecule has 1 aliphatic rings. The van der Waals surface area contributed by atoms with Gasteiger partial charge >= 0.3 is 18.0 Å². The highest BCUT2D eigenvalue weighted by Gasteiger charge is 2.36. The van der Waals surface area contributed by atoms with Crippen molar-refractivity contribution in [2.75, 3.05) is 38.8 Å². The number of benzene rings is 1. The molecule has 0 saturated heterocycles. The van der Waals surface area contributed by atoms with Crippen LogP contribution in [-0.4, -0.2) is 62.3 Å². The summed E-state index contributed by atoms with van der Waals surface area (Å²) in [7, 11) is 1.52. The second-order valence-electron chi connectivity index (χ2n) is 7.64. The Labute approximate surface area is 199 Å². The Morgan fingerprint density at radius 2 is 1.76 bits per heavy atom. The molecule has 0 spiro atoms. The number of carbonyl (C=O) groups is 4. The molecule has 1 unspecified atom stereocenters. The zero-order valence-corrected chi connectivity index (χ0v) is 20.1. The lowest BCUT2D eigenvalue weighted by Crippen LogP contribution is -2.48. The van der Waals surface area contributed by atoms with Gasteiger partial charge in [0.2, 0.25) is 5.91 Å². The number of hydrogen-bond donors (Lipinski definition) is 2. The van der Waals surface area contributed by atoms with Crippen molar-refractivity contribution in [3.63, 3.8) is 0 Å². The maximum absolute atomic E-state index is 12.9. The number of nitrogens with zero attached hydrogens (tertiary/aromatic N) is 1. The van der Waals surface area contributed by atoms with E-state index in [4.69, 9.17) is 14.2 Å². The summed E-state index contributed by atoms with van der Waals surface area (Å²) in [5.74, 6) is -1.28. The number of anilines is 1. The van der Waals surface area contributed by atoms with E-state index in [1.165, 1.54) is 12.0 Å². The molecule has 1 aromatic carbocycles. The van der Waals surface area contributed by atoms with E-state index in [-0.39, 0.29) is 44.6 Å². The number of urea groups is 1. The van der Waals surface area contributed by atoms with E-state index in [9.17, 15) is 19.2 Å². The summed E-state index contributed by atoms with van der Waals surface area (Å²) >= 11 is 0. The number of nitrogens with one attached hydrogen (secondary N) is 2. The molecule has 0 saturated carbocycles. The highest BCUT2D eigenvalue weighted by atomic mass is 16.6. The summed E-state index contributed by atoms with van der Waals surface area (Å²) in [6.07, 6.45) is 0.733. The third-order valence-corrected chi connectivity index (χ3v) is 5.17. The molecule has 1 aromatic rings. The van der Waals surface area contributed by atoms with Crippen LogP contribution < -0.4 is 10.6 Å². The fraction of sp³-hybridized carbons (Fsp3) is 0.500. The van der Waals surface area contributed by atoms with Crippen molar-refractivity contribution in [3.05, 3.63) is 41.1 Å². The molecule has 0 fully saturated rings. The van der Waals surface area contributed by atoms with Crippen LogP contribution in [0.5, 0.6) is 0 Å². The molecule has 0 aliphatic carbocycles. The fourth-order valence-electron chi connectivity index (χ4n) is 3.52. The lowest BCUT2D eigenvalue weighted by atomic mass is 9.94. The van der Waals surface area contributed by atoms with Crippen LogP contribution in [0.4, 0.5) is 10.5 Å². The topological polar surface area (TPSA) is 123 Å². The Bertz CT molecular complexity index is 912. The van der Waals surface area contributed by atoms with E-state index < -0.39 is 18.0 Å². The number of allylic oxidation sites excluding steroid dienone is 1. The zero-order valence-electron chi connectivity index (χ0n) is 20.1. The number of rotatable bonds is 12. The number of methoxy groups -OCH3 is 1. The van der Waals surface area contributed by atoms with Crippen molar-refractivity contribution in [3.8, 4) is 0 Å². The van der Waals surface area contributed by atoms with Gasteiger partial charge in [-0.2, -0.15) is 0 Å². The summed E-state index contributed by atoms with van der Waals surface area (Å²) in [5, 5.41) is 5.60. The summed E-state index contributed by atoms with van der Waals surface area (Å²) in [5.41, 5.74) is 2.06. The molecule has 0 bridgehead atoms. The predicted molar refractivity (Wildman–Crippen MR) is 125 cm³/mol. The van der Waals surface area contributed by atoms with Crippen LogP contribution >= 0.6 is 0 Å². The van der Waals surface area contributed by atoms with Gasteiger partial charge in [-0.3, -0.25) is 14.5 Å². The molecule has 0 radical (unpaired) electrons. The number of amides is 3. The Morgan fingerprint density at radius 3 is 2.38 bits per heavy atom. The molecule has 34 heavy (non-hydrogen) atoms. The standard InChI is InChI=1S/C24H33N3O7/c1-5-13-27-16(3)21(23(30)34-15-14-32-4)22(26-24(27)31)17-7-9-18(10-8-17)25-19(28)11-12-20(29)33-6-2/h7-10,22H,5-6,11-15H2,1-4H3,(H,25,28)(H,26,31). The average molecular weight is 476 g/mol.